The maximum absolute atomic E-state index is 9.01. The Morgan fingerprint density at radius 2 is 2.19 bits per heavy atom. The van der Waals surface area contributed by atoms with Crippen LogP contribution in [0.2, 0.25) is 0 Å². The van der Waals surface area contributed by atoms with Crippen LogP contribution >= 0.6 is 0 Å². The normalized spacial score (nSPS) is 22.5. The van der Waals surface area contributed by atoms with Crippen LogP contribution in [-0.2, 0) is 0 Å². The number of rotatable bonds is 8. The van der Waals surface area contributed by atoms with Crippen LogP contribution in [0.3, 0.4) is 0 Å². The molecule has 0 amide bonds. The summed E-state index contributed by atoms with van der Waals surface area (Å²) in [5.41, 5.74) is 5.96. The van der Waals surface area contributed by atoms with E-state index in [1.807, 2.05) is 0 Å². The molecule has 96 valence electrons. The zero-order valence-corrected chi connectivity index (χ0v) is 10.8. The standard InChI is InChI=1S/C13H28N2O/c1-3-12(7-8-16)15-13(2,10-14)9-11-5-4-6-11/h11-12,15-16H,3-10,14H2,1-2H3. The molecule has 1 aliphatic carbocycles. The van der Waals surface area contributed by atoms with Crippen LogP contribution in [0.15, 0.2) is 0 Å². The van der Waals surface area contributed by atoms with E-state index < -0.39 is 0 Å². The molecule has 3 nitrogen and oxygen atoms in total. The zero-order valence-electron chi connectivity index (χ0n) is 10.8. The fourth-order valence-corrected chi connectivity index (χ4v) is 2.56. The van der Waals surface area contributed by atoms with Crippen molar-refractivity contribution in [3.8, 4) is 0 Å². The molecule has 2 atom stereocenters. The van der Waals surface area contributed by atoms with Crippen molar-refractivity contribution in [1.82, 2.24) is 5.32 Å². The summed E-state index contributed by atoms with van der Waals surface area (Å²) >= 11 is 0. The Morgan fingerprint density at radius 1 is 1.50 bits per heavy atom. The molecule has 1 rings (SSSR count). The Balaban J connectivity index is 2.42. The number of nitrogens with one attached hydrogen (secondary N) is 1. The van der Waals surface area contributed by atoms with Crippen LogP contribution in [-0.4, -0.2) is 29.8 Å². The molecular weight excluding hydrogens is 200 g/mol. The first-order valence-electron chi connectivity index (χ1n) is 6.72. The van der Waals surface area contributed by atoms with Gasteiger partial charge in [-0.25, -0.2) is 0 Å². The van der Waals surface area contributed by atoms with E-state index in [2.05, 4.69) is 19.2 Å². The number of aliphatic hydroxyl groups is 1. The molecule has 16 heavy (non-hydrogen) atoms. The van der Waals surface area contributed by atoms with Crippen LogP contribution in [0.25, 0.3) is 0 Å². The van der Waals surface area contributed by atoms with Gasteiger partial charge in [-0.3, -0.25) is 0 Å². The topological polar surface area (TPSA) is 58.3 Å². The molecule has 3 heteroatoms. The van der Waals surface area contributed by atoms with Crippen LogP contribution in [0.4, 0.5) is 0 Å². The van der Waals surface area contributed by atoms with Gasteiger partial charge in [-0.05, 0) is 32.1 Å². The summed E-state index contributed by atoms with van der Waals surface area (Å²) in [5, 5.41) is 12.7. The summed E-state index contributed by atoms with van der Waals surface area (Å²) in [4.78, 5) is 0. The maximum atomic E-state index is 9.01. The minimum atomic E-state index is 0.0565. The van der Waals surface area contributed by atoms with Crippen LogP contribution < -0.4 is 11.1 Å². The third kappa shape index (κ3) is 4.04. The lowest BCUT2D eigenvalue weighted by molar-refractivity contribution is 0.178. The number of nitrogens with two attached hydrogens (primary N) is 1. The third-order valence-electron chi connectivity index (χ3n) is 3.94. The monoisotopic (exact) mass is 228 g/mol. The van der Waals surface area contributed by atoms with E-state index >= 15 is 0 Å². The van der Waals surface area contributed by atoms with Gasteiger partial charge < -0.3 is 16.2 Å². The minimum absolute atomic E-state index is 0.0565. The van der Waals surface area contributed by atoms with Gasteiger partial charge in [-0.1, -0.05) is 26.2 Å². The zero-order chi connectivity index (χ0) is 12.0. The highest BCUT2D eigenvalue weighted by molar-refractivity contribution is 4.91. The molecule has 0 aromatic rings. The Hall–Kier alpha value is -0.120. The van der Waals surface area contributed by atoms with E-state index in [0.717, 1.165) is 18.8 Å². The molecule has 1 saturated carbocycles. The molecule has 2 unspecified atom stereocenters. The van der Waals surface area contributed by atoms with Crippen molar-refractivity contribution in [2.24, 2.45) is 11.7 Å². The van der Waals surface area contributed by atoms with E-state index in [1.54, 1.807) is 0 Å². The lowest BCUT2D eigenvalue weighted by Gasteiger charge is -2.39. The van der Waals surface area contributed by atoms with E-state index in [-0.39, 0.29) is 12.1 Å². The predicted molar refractivity (Wildman–Crippen MR) is 68.3 cm³/mol. The molecule has 0 heterocycles. The largest absolute Gasteiger partial charge is 0.396 e. The van der Waals surface area contributed by atoms with Gasteiger partial charge in [-0.2, -0.15) is 0 Å². The van der Waals surface area contributed by atoms with Gasteiger partial charge in [0.05, 0.1) is 0 Å². The molecule has 0 spiro atoms. The lowest BCUT2D eigenvalue weighted by atomic mass is 9.76. The highest BCUT2D eigenvalue weighted by Gasteiger charge is 2.31. The van der Waals surface area contributed by atoms with E-state index in [1.165, 1.54) is 25.7 Å². The molecule has 4 N–H and O–H groups in total. The van der Waals surface area contributed by atoms with Gasteiger partial charge >= 0.3 is 0 Å². The van der Waals surface area contributed by atoms with Gasteiger partial charge in [0.2, 0.25) is 0 Å². The highest BCUT2D eigenvalue weighted by Crippen LogP contribution is 2.33. The van der Waals surface area contributed by atoms with E-state index in [9.17, 15) is 0 Å². The molecule has 0 aromatic carbocycles. The fraction of sp³-hybridized carbons (Fsp3) is 1.00. The summed E-state index contributed by atoms with van der Waals surface area (Å²) in [6, 6.07) is 0.402. The SMILES string of the molecule is CCC(CCO)NC(C)(CN)CC1CCC1. The average Bonchev–Trinajstić information content (AvgIpc) is 2.23. The number of hydrogen-bond donors (Lipinski definition) is 3. The smallest absolute Gasteiger partial charge is 0.0445 e. The van der Waals surface area contributed by atoms with E-state index in [4.69, 9.17) is 10.8 Å². The molecule has 0 aliphatic heterocycles. The molecular formula is C13H28N2O. The van der Waals surface area contributed by atoms with Crippen molar-refractivity contribution in [3.63, 3.8) is 0 Å². The van der Waals surface area contributed by atoms with Gasteiger partial charge in [-0.15, -0.1) is 0 Å². The third-order valence-corrected chi connectivity index (χ3v) is 3.94. The lowest BCUT2D eigenvalue weighted by Crippen LogP contribution is -2.54. The van der Waals surface area contributed by atoms with Gasteiger partial charge in [0.25, 0.3) is 0 Å². The minimum Gasteiger partial charge on any atom is -0.396 e. The second-order valence-corrected chi connectivity index (χ2v) is 5.53. The number of aliphatic hydroxyl groups excluding tert-OH is 1. The van der Waals surface area contributed by atoms with Crippen molar-refractivity contribution in [1.29, 1.82) is 0 Å². The predicted octanol–water partition coefficient (Wildman–Crippen LogP) is 1.64. The van der Waals surface area contributed by atoms with Gasteiger partial charge in [0.1, 0.15) is 0 Å². The fourth-order valence-electron chi connectivity index (χ4n) is 2.56. The van der Waals surface area contributed by atoms with Crippen molar-refractivity contribution in [3.05, 3.63) is 0 Å². The Labute approximate surface area is 99.8 Å². The molecule has 0 saturated heterocycles. The second kappa shape index (κ2) is 6.58. The first kappa shape index (κ1) is 13.9. The van der Waals surface area contributed by atoms with Crippen molar-refractivity contribution >= 4 is 0 Å². The summed E-state index contributed by atoms with van der Waals surface area (Å²) in [6.07, 6.45) is 7.20. The van der Waals surface area contributed by atoms with E-state index in [0.29, 0.717) is 12.6 Å². The van der Waals surface area contributed by atoms with Crippen molar-refractivity contribution in [2.45, 2.75) is 64.0 Å². The summed E-state index contributed by atoms with van der Waals surface area (Å²) in [5.74, 6) is 0.868. The highest BCUT2D eigenvalue weighted by atomic mass is 16.3. The first-order chi connectivity index (χ1) is 7.63. The summed E-state index contributed by atoms with van der Waals surface area (Å²) < 4.78 is 0. The first-order valence-corrected chi connectivity index (χ1v) is 6.72. The van der Waals surface area contributed by atoms with Crippen molar-refractivity contribution < 1.29 is 5.11 Å². The summed E-state index contributed by atoms with van der Waals surface area (Å²) in [6.45, 7) is 5.33. The number of hydrogen-bond acceptors (Lipinski definition) is 3. The van der Waals surface area contributed by atoms with Crippen LogP contribution in [0.1, 0.15) is 52.4 Å². The average molecular weight is 228 g/mol. The molecule has 0 aromatic heterocycles. The second-order valence-electron chi connectivity index (χ2n) is 5.53. The van der Waals surface area contributed by atoms with Gasteiger partial charge in [0.15, 0.2) is 0 Å². The maximum Gasteiger partial charge on any atom is 0.0445 e. The quantitative estimate of drug-likeness (QED) is 0.592. The van der Waals surface area contributed by atoms with Crippen LogP contribution in [0, 0.1) is 5.92 Å². The Morgan fingerprint density at radius 3 is 2.56 bits per heavy atom. The Kier molecular flexibility index (Phi) is 5.73. The van der Waals surface area contributed by atoms with Gasteiger partial charge in [0, 0.05) is 24.7 Å². The molecule has 0 bridgehead atoms. The Bertz CT molecular complexity index is 194. The molecule has 1 aliphatic rings. The molecule has 0 radical (unpaired) electrons. The van der Waals surface area contributed by atoms with Crippen molar-refractivity contribution in [2.75, 3.05) is 13.2 Å². The molecule has 1 fully saturated rings. The summed E-state index contributed by atoms with van der Waals surface area (Å²) in [7, 11) is 0. The van der Waals surface area contributed by atoms with Crippen LogP contribution in [0.5, 0.6) is 0 Å².